The van der Waals surface area contributed by atoms with Crippen LogP contribution in [0.4, 0.5) is 0 Å². The van der Waals surface area contributed by atoms with Gasteiger partial charge in [-0.1, -0.05) is 26.0 Å². The molecular formula is C13H20OS2. The summed E-state index contributed by atoms with van der Waals surface area (Å²) in [6.45, 7) is 4.41. The smallest absolute Gasteiger partial charge is 0.115 e. The molecule has 1 aromatic rings. The van der Waals surface area contributed by atoms with Gasteiger partial charge in [-0.3, -0.25) is 0 Å². The lowest BCUT2D eigenvalue weighted by molar-refractivity contribution is 0.475. The molecule has 0 unspecified atom stereocenters. The Morgan fingerprint density at radius 3 is 2.25 bits per heavy atom. The van der Waals surface area contributed by atoms with E-state index in [0.717, 1.165) is 0 Å². The van der Waals surface area contributed by atoms with Crippen LogP contribution >= 0.6 is 23.5 Å². The van der Waals surface area contributed by atoms with Crippen LogP contribution in [0.15, 0.2) is 24.3 Å². The van der Waals surface area contributed by atoms with E-state index >= 15 is 0 Å². The van der Waals surface area contributed by atoms with Crippen LogP contribution in [-0.4, -0.2) is 16.6 Å². The molecule has 0 saturated heterocycles. The van der Waals surface area contributed by atoms with Gasteiger partial charge in [-0.2, -0.15) is 0 Å². The molecule has 0 fully saturated rings. The quantitative estimate of drug-likeness (QED) is 0.715. The molecule has 90 valence electrons. The van der Waals surface area contributed by atoms with Crippen molar-refractivity contribution in [3.05, 3.63) is 29.8 Å². The molecule has 3 heteroatoms. The summed E-state index contributed by atoms with van der Waals surface area (Å²) < 4.78 is 0.465. The third-order valence-electron chi connectivity index (χ3n) is 2.09. The summed E-state index contributed by atoms with van der Waals surface area (Å²) in [4.78, 5) is 0. The van der Waals surface area contributed by atoms with Crippen molar-refractivity contribution in [3.63, 3.8) is 0 Å². The largest absolute Gasteiger partial charge is 0.508 e. The topological polar surface area (TPSA) is 20.2 Å². The van der Waals surface area contributed by atoms with Gasteiger partial charge >= 0.3 is 0 Å². The van der Waals surface area contributed by atoms with Gasteiger partial charge in [0, 0.05) is 0 Å². The first kappa shape index (κ1) is 13.8. The molecular weight excluding hydrogens is 236 g/mol. The number of benzene rings is 1. The van der Waals surface area contributed by atoms with Crippen LogP contribution in [0.1, 0.15) is 36.8 Å². The molecule has 16 heavy (non-hydrogen) atoms. The second kappa shape index (κ2) is 7.91. The van der Waals surface area contributed by atoms with Crippen LogP contribution in [0.25, 0.3) is 0 Å². The van der Waals surface area contributed by atoms with Gasteiger partial charge in [-0.25, -0.2) is 0 Å². The van der Waals surface area contributed by atoms with E-state index in [1.807, 2.05) is 35.7 Å². The normalized spacial score (nSPS) is 10.9. The van der Waals surface area contributed by atoms with Gasteiger partial charge in [0.1, 0.15) is 5.75 Å². The number of rotatable bonds is 7. The second-order valence-electron chi connectivity index (χ2n) is 3.67. The zero-order chi connectivity index (χ0) is 11.8. The Bertz CT molecular complexity index is 294. The van der Waals surface area contributed by atoms with Crippen LogP contribution in [0, 0.1) is 0 Å². The molecule has 0 heterocycles. The SMILES string of the molecule is CCCSC(SCCC)c1cccc(O)c1. The Balaban J connectivity index is 2.66. The third-order valence-corrected chi connectivity index (χ3v) is 5.34. The first-order valence-corrected chi connectivity index (χ1v) is 7.89. The van der Waals surface area contributed by atoms with Gasteiger partial charge in [0.05, 0.1) is 4.58 Å². The summed E-state index contributed by atoms with van der Waals surface area (Å²) in [5, 5.41) is 9.49. The molecule has 0 spiro atoms. The minimum atomic E-state index is 0.372. The molecule has 0 aromatic heterocycles. The summed E-state index contributed by atoms with van der Waals surface area (Å²) in [6, 6.07) is 7.65. The molecule has 0 aliphatic heterocycles. The van der Waals surface area contributed by atoms with Gasteiger partial charge in [0.15, 0.2) is 0 Å². The van der Waals surface area contributed by atoms with Gasteiger partial charge in [0.2, 0.25) is 0 Å². The fourth-order valence-electron chi connectivity index (χ4n) is 1.36. The van der Waals surface area contributed by atoms with Gasteiger partial charge < -0.3 is 5.11 Å². The summed E-state index contributed by atoms with van der Waals surface area (Å²) in [7, 11) is 0. The van der Waals surface area contributed by atoms with E-state index in [2.05, 4.69) is 19.9 Å². The highest BCUT2D eigenvalue weighted by atomic mass is 32.2. The summed E-state index contributed by atoms with van der Waals surface area (Å²) in [6.07, 6.45) is 2.40. The first-order chi connectivity index (χ1) is 7.77. The van der Waals surface area contributed by atoms with Crippen molar-refractivity contribution < 1.29 is 5.11 Å². The van der Waals surface area contributed by atoms with E-state index in [9.17, 15) is 5.11 Å². The molecule has 0 bridgehead atoms. The van der Waals surface area contributed by atoms with Crippen molar-refractivity contribution in [2.45, 2.75) is 31.3 Å². The lowest BCUT2D eigenvalue weighted by Gasteiger charge is -2.16. The van der Waals surface area contributed by atoms with E-state index in [-0.39, 0.29) is 0 Å². The highest BCUT2D eigenvalue weighted by Gasteiger charge is 2.11. The minimum Gasteiger partial charge on any atom is -0.508 e. The molecule has 1 N–H and O–H groups in total. The molecule has 0 amide bonds. The molecule has 1 aromatic carbocycles. The van der Waals surface area contributed by atoms with Crippen LogP contribution in [0.2, 0.25) is 0 Å². The van der Waals surface area contributed by atoms with Crippen molar-refractivity contribution in [1.82, 2.24) is 0 Å². The highest BCUT2D eigenvalue weighted by Crippen LogP contribution is 2.40. The molecule has 0 saturated carbocycles. The first-order valence-electron chi connectivity index (χ1n) is 5.80. The van der Waals surface area contributed by atoms with Crippen LogP contribution < -0.4 is 0 Å². The minimum absolute atomic E-state index is 0.372. The van der Waals surface area contributed by atoms with E-state index < -0.39 is 0 Å². The monoisotopic (exact) mass is 256 g/mol. The fourth-order valence-corrected chi connectivity index (χ4v) is 3.90. The molecule has 0 atom stereocenters. The summed E-state index contributed by atoms with van der Waals surface area (Å²) >= 11 is 3.95. The number of hydrogen-bond donors (Lipinski definition) is 1. The van der Waals surface area contributed by atoms with Crippen LogP contribution in [0.5, 0.6) is 5.75 Å². The molecule has 1 nitrogen and oxygen atoms in total. The Morgan fingerprint density at radius 1 is 1.12 bits per heavy atom. The Kier molecular flexibility index (Phi) is 6.81. The zero-order valence-electron chi connectivity index (χ0n) is 9.98. The third kappa shape index (κ3) is 4.71. The van der Waals surface area contributed by atoms with Crippen molar-refractivity contribution in [1.29, 1.82) is 0 Å². The maximum atomic E-state index is 9.49. The molecule has 0 aliphatic rings. The number of thioether (sulfide) groups is 2. The highest BCUT2D eigenvalue weighted by molar-refractivity contribution is 8.16. The lowest BCUT2D eigenvalue weighted by atomic mass is 10.2. The van der Waals surface area contributed by atoms with Gasteiger partial charge in [-0.15, -0.1) is 23.5 Å². The van der Waals surface area contributed by atoms with Crippen molar-refractivity contribution in [3.8, 4) is 5.75 Å². The Hall–Kier alpha value is -0.280. The van der Waals surface area contributed by atoms with E-state index in [0.29, 0.717) is 10.3 Å². The standard InChI is InChI=1S/C13H20OS2/c1-3-8-15-13(16-9-4-2)11-6-5-7-12(14)10-11/h5-7,10,13-14H,3-4,8-9H2,1-2H3. The van der Waals surface area contributed by atoms with Gasteiger partial charge in [-0.05, 0) is 42.0 Å². The predicted octanol–water partition coefficient (Wildman–Crippen LogP) is 4.68. The molecule has 1 rings (SSSR count). The average Bonchev–Trinajstić information content (AvgIpc) is 2.29. The molecule has 0 aliphatic carbocycles. The lowest BCUT2D eigenvalue weighted by Crippen LogP contribution is -1.92. The summed E-state index contributed by atoms with van der Waals surface area (Å²) in [5.74, 6) is 2.73. The zero-order valence-corrected chi connectivity index (χ0v) is 11.6. The number of phenolic OH excluding ortho intramolecular Hbond substituents is 1. The predicted molar refractivity (Wildman–Crippen MR) is 76.3 cm³/mol. The van der Waals surface area contributed by atoms with E-state index in [1.54, 1.807) is 6.07 Å². The fraction of sp³-hybridized carbons (Fsp3) is 0.538. The van der Waals surface area contributed by atoms with Crippen LogP contribution in [0.3, 0.4) is 0 Å². The molecule has 0 radical (unpaired) electrons. The van der Waals surface area contributed by atoms with Crippen LogP contribution in [-0.2, 0) is 0 Å². The number of aromatic hydroxyl groups is 1. The maximum Gasteiger partial charge on any atom is 0.115 e. The van der Waals surface area contributed by atoms with E-state index in [1.165, 1.54) is 29.9 Å². The summed E-state index contributed by atoms with van der Waals surface area (Å²) in [5.41, 5.74) is 1.23. The van der Waals surface area contributed by atoms with E-state index in [4.69, 9.17) is 0 Å². The average molecular weight is 256 g/mol. The maximum absolute atomic E-state index is 9.49. The van der Waals surface area contributed by atoms with Crippen molar-refractivity contribution >= 4 is 23.5 Å². The Labute approximate surface area is 107 Å². The Morgan fingerprint density at radius 2 is 1.75 bits per heavy atom. The second-order valence-corrected chi connectivity index (χ2v) is 6.39. The van der Waals surface area contributed by atoms with Gasteiger partial charge in [0.25, 0.3) is 0 Å². The van der Waals surface area contributed by atoms with Crippen molar-refractivity contribution in [2.75, 3.05) is 11.5 Å². The number of hydrogen-bond acceptors (Lipinski definition) is 3. The number of phenols is 1. The van der Waals surface area contributed by atoms with Crippen molar-refractivity contribution in [2.24, 2.45) is 0 Å².